The van der Waals surface area contributed by atoms with E-state index in [-0.39, 0.29) is 0 Å². The van der Waals surface area contributed by atoms with Crippen LogP contribution in [0.3, 0.4) is 0 Å². The Balaban J connectivity index is 1.83. The molecule has 136 valence electrons. The molecule has 0 aliphatic carbocycles. The third-order valence-corrected chi connectivity index (χ3v) is 4.48. The van der Waals surface area contributed by atoms with Crippen molar-refractivity contribution in [2.75, 3.05) is 37.0 Å². The monoisotopic (exact) mass is 352 g/mol. The van der Waals surface area contributed by atoms with E-state index in [2.05, 4.69) is 25.9 Å². The van der Waals surface area contributed by atoms with E-state index in [1.54, 1.807) is 13.2 Å². The fourth-order valence-electron chi connectivity index (χ4n) is 3.09. The number of rotatable bonds is 5. The van der Waals surface area contributed by atoms with Gasteiger partial charge in [0.15, 0.2) is 0 Å². The van der Waals surface area contributed by atoms with Crippen LogP contribution in [0.25, 0.3) is 0 Å². The minimum atomic E-state index is 0.326. The lowest BCUT2D eigenvalue weighted by atomic mass is 10.1. The van der Waals surface area contributed by atoms with Crippen molar-refractivity contribution in [3.05, 3.63) is 35.4 Å². The number of benzene rings is 1. The minimum Gasteiger partial charge on any atom is -0.467 e. The van der Waals surface area contributed by atoms with Gasteiger partial charge in [-0.25, -0.2) is 0 Å². The van der Waals surface area contributed by atoms with Gasteiger partial charge in [-0.2, -0.15) is 20.2 Å². The predicted molar refractivity (Wildman–Crippen MR) is 100 cm³/mol. The third kappa shape index (κ3) is 4.39. The molecule has 0 radical (unpaired) electrons. The van der Waals surface area contributed by atoms with E-state index in [1.807, 2.05) is 30.1 Å². The van der Waals surface area contributed by atoms with E-state index in [1.165, 1.54) is 12.8 Å². The molecule has 0 unspecified atom stereocenters. The molecular formula is C19H24N6O. The molecule has 0 spiro atoms. The normalized spacial score (nSPS) is 14.4. The summed E-state index contributed by atoms with van der Waals surface area (Å²) in [6.45, 7) is 2.52. The fraction of sp³-hybridized carbons (Fsp3) is 0.474. The number of methoxy groups -OCH3 is 1. The Morgan fingerprint density at radius 3 is 2.62 bits per heavy atom. The van der Waals surface area contributed by atoms with E-state index in [4.69, 9.17) is 10.00 Å². The van der Waals surface area contributed by atoms with Crippen molar-refractivity contribution in [1.29, 1.82) is 5.26 Å². The molecule has 0 bridgehead atoms. The molecule has 26 heavy (non-hydrogen) atoms. The van der Waals surface area contributed by atoms with Gasteiger partial charge in [-0.1, -0.05) is 25.0 Å². The van der Waals surface area contributed by atoms with Crippen LogP contribution in [0.2, 0.25) is 0 Å². The Labute approximate surface area is 154 Å². The van der Waals surface area contributed by atoms with Gasteiger partial charge in [-0.15, -0.1) is 0 Å². The number of hydrogen-bond acceptors (Lipinski definition) is 7. The molecule has 2 heterocycles. The van der Waals surface area contributed by atoms with Crippen molar-refractivity contribution in [2.24, 2.45) is 0 Å². The van der Waals surface area contributed by atoms with Gasteiger partial charge in [-0.05, 0) is 30.5 Å². The van der Waals surface area contributed by atoms with Crippen molar-refractivity contribution in [3.8, 4) is 12.1 Å². The second kappa shape index (κ2) is 8.48. The van der Waals surface area contributed by atoms with Crippen molar-refractivity contribution in [1.82, 2.24) is 15.0 Å². The Hall–Kier alpha value is -2.88. The Morgan fingerprint density at radius 2 is 1.92 bits per heavy atom. The summed E-state index contributed by atoms with van der Waals surface area (Å²) in [4.78, 5) is 17.7. The molecule has 1 saturated heterocycles. The third-order valence-electron chi connectivity index (χ3n) is 4.48. The highest BCUT2D eigenvalue weighted by atomic mass is 16.5. The number of hydrogen-bond donors (Lipinski definition) is 0. The van der Waals surface area contributed by atoms with Gasteiger partial charge in [-0.3, -0.25) is 0 Å². The summed E-state index contributed by atoms with van der Waals surface area (Å²) in [5.74, 6) is 1.24. The highest BCUT2D eigenvalue weighted by Crippen LogP contribution is 2.21. The van der Waals surface area contributed by atoms with Crippen molar-refractivity contribution < 1.29 is 4.74 Å². The van der Waals surface area contributed by atoms with Crippen molar-refractivity contribution in [2.45, 2.75) is 32.2 Å². The summed E-state index contributed by atoms with van der Waals surface area (Å²) in [7, 11) is 3.50. The molecule has 1 aliphatic heterocycles. The standard InChI is InChI=1S/C19H24N6O/c1-24(14-16-9-7-8-15(12-16)13-20)17-21-18(23-19(22-17)26-2)25-10-5-3-4-6-11-25/h7-9,12H,3-6,10-11,14H2,1-2H3. The molecule has 2 aromatic rings. The maximum Gasteiger partial charge on any atom is 0.322 e. The number of nitrogens with zero attached hydrogens (tertiary/aromatic N) is 6. The van der Waals surface area contributed by atoms with Gasteiger partial charge in [0.1, 0.15) is 0 Å². The average molecular weight is 352 g/mol. The van der Waals surface area contributed by atoms with Gasteiger partial charge in [0.2, 0.25) is 11.9 Å². The zero-order valence-electron chi connectivity index (χ0n) is 15.4. The number of anilines is 2. The first-order chi connectivity index (χ1) is 12.7. The van der Waals surface area contributed by atoms with Crippen LogP contribution in [-0.2, 0) is 6.54 Å². The van der Waals surface area contributed by atoms with Crippen LogP contribution in [0.15, 0.2) is 24.3 Å². The second-order valence-electron chi connectivity index (χ2n) is 6.49. The summed E-state index contributed by atoms with van der Waals surface area (Å²) < 4.78 is 5.30. The lowest BCUT2D eigenvalue weighted by Gasteiger charge is -2.23. The minimum absolute atomic E-state index is 0.326. The molecule has 3 rings (SSSR count). The zero-order chi connectivity index (χ0) is 18.4. The van der Waals surface area contributed by atoms with Crippen LogP contribution in [0.1, 0.15) is 36.8 Å². The Bertz CT molecular complexity index is 780. The van der Waals surface area contributed by atoms with Crippen LogP contribution in [0, 0.1) is 11.3 Å². The highest BCUT2D eigenvalue weighted by molar-refractivity contribution is 5.41. The summed E-state index contributed by atoms with van der Waals surface area (Å²) in [6, 6.07) is 10.1. The van der Waals surface area contributed by atoms with Gasteiger partial charge >= 0.3 is 6.01 Å². The van der Waals surface area contributed by atoms with Crippen molar-refractivity contribution >= 4 is 11.9 Å². The van der Waals surface area contributed by atoms with Gasteiger partial charge in [0.25, 0.3) is 0 Å². The maximum atomic E-state index is 9.07. The molecule has 1 aromatic carbocycles. The molecule has 0 N–H and O–H groups in total. The molecule has 1 fully saturated rings. The van der Waals surface area contributed by atoms with Gasteiger partial charge in [0, 0.05) is 26.7 Å². The molecule has 7 nitrogen and oxygen atoms in total. The van der Waals surface area contributed by atoms with E-state index >= 15 is 0 Å². The van der Waals surface area contributed by atoms with E-state index < -0.39 is 0 Å². The van der Waals surface area contributed by atoms with Crippen LogP contribution < -0.4 is 14.5 Å². The zero-order valence-corrected chi connectivity index (χ0v) is 15.4. The van der Waals surface area contributed by atoms with Crippen LogP contribution in [-0.4, -0.2) is 42.2 Å². The summed E-state index contributed by atoms with van der Waals surface area (Å²) in [5, 5.41) is 9.07. The Kier molecular flexibility index (Phi) is 5.84. The second-order valence-corrected chi connectivity index (χ2v) is 6.49. The fourth-order valence-corrected chi connectivity index (χ4v) is 3.09. The number of aromatic nitrogens is 3. The average Bonchev–Trinajstić information content (AvgIpc) is 2.97. The molecule has 1 aliphatic rings. The SMILES string of the molecule is COc1nc(N(C)Cc2cccc(C#N)c2)nc(N2CCCCCC2)n1. The topological polar surface area (TPSA) is 78.2 Å². The van der Waals surface area contributed by atoms with E-state index in [0.717, 1.165) is 31.5 Å². The maximum absolute atomic E-state index is 9.07. The van der Waals surface area contributed by atoms with Gasteiger partial charge < -0.3 is 14.5 Å². The molecule has 0 saturated carbocycles. The van der Waals surface area contributed by atoms with Crippen LogP contribution in [0.5, 0.6) is 6.01 Å². The molecule has 1 aromatic heterocycles. The molecule has 0 amide bonds. The number of ether oxygens (including phenoxy) is 1. The van der Waals surface area contributed by atoms with Crippen molar-refractivity contribution in [3.63, 3.8) is 0 Å². The predicted octanol–water partition coefficient (Wildman–Crippen LogP) is 2.77. The lowest BCUT2D eigenvalue weighted by molar-refractivity contribution is 0.378. The summed E-state index contributed by atoms with van der Waals surface area (Å²) in [5.41, 5.74) is 1.68. The first-order valence-corrected chi connectivity index (χ1v) is 8.95. The van der Waals surface area contributed by atoms with Gasteiger partial charge in [0.05, 0.1) is 18.7 Å². The smallest absolute Gasteiger partial charge is 0.322 e. The summed E-state index contributed by atoms with van der Waals surface area (Å²) in [6.07, 6.45) is 4.81. The largest absolute Gasteiger partial charge is 0.467 e. The lowest BCUT2D eigenvalue weighted by Crippen LogP contribution is -2.28. The Morgan fingerprint density at radius 1 is 1.15 bits per heavy atom. The molecule has 7 heteroatoms. The van der Waals surface area contributed by atoms with Crippen LogP contribution >= 0.6 is 0 Å². The van der Waals surface area contributed by atoms with E-state index in [0.29, 0.717) is 30.0 Å². The molecule has 0 atom stereocenters. The van der Waals surface area contributed by atoms with Crippen LogP contribution in [0.4, 0.5) is 11.9 Å². The summed E-state index contributed by atoms with van der Waals surface area (Å²) >= 11 is 0. The number of nitriles is 1. The van der Waals surface area contributed by atoms with E-state index in [9.17, 15) is 0 Å². The first-order valence-electron chi connectivity index (χ1n) is 8.95. The first kappa shape index (κ1) is 17.9. The quantitative estimate of drug-likeness (QED) is 0.818. The molecular weight excluding hydrogens is 328 g/mol. The highest BCUT2D eigenvalue weighted by Gasteiger charge is 2.17.